The molecule has 0 saturated carbocycles. The van der Waals surface area contributed by atoms with Gasteiger partial charge in [0.15, 0.2) is 0 Å². The van der Waals surface area contributed by atoms with Crippen LogP contribution in [0.2, 0.25) is 0 Å². The lowest BCUT2D eigenvalue weighted by Crippen LogP contribution is -2.13. The maximum absolute atomic E-state index is 13.9. The molecular weight excluding hydrogens is 197 g/mol. The van der Waals surface area contributed by atoms with E-state index in [4.69, 9.17) is 4.74 Å². The van der Waals surface area contributed by atoms with Crippen molar-refractivity contribution in [2.75, 3.05) is 7.11 Å². The van der Waals surface area contributed by atoms with Gasteiger partial charge in [-0.15, -0.1) is 0 Å². The summed E-state index contributed by atoms with van der Waals surface area (Å²) in [6.45, 7) is 3.01. The molecule has 3 nitrogen and oxygen atoms in total. The second-order valence-electron chi connectivity index (χ2n) is 3.36. The van der Waals surface area contributed by atoms with Gasteiger partial charge in [-0.1, -0.05) is 11.6 Å². The fourth-order valence-corrected chi connectivity index (χ4v) is 1.32. The van der Waals surface area contributed by atoms with E-state index in [9.17, 15) is 9.18 Å². The molecule has 0 aliphatic rings. The van der Waals surface area contributed by atoms with Crippen LogP contribution >= 0.6 is 0 Å². The van der Waals surface area contributed by atoms with Crippen molar-refractivity contribution >= 4 is 6.08 Å². The predicted molar refractivity (Wildman–Crippen MR) is 54.3 cm³/mol. The number of ether oxygens (including phenoxy) is 1. The molecule has 0 radical (unpaired) electrons. The van der Waals surface area contributed by atoms with Gasteiger partial charge < -0.3 is 4.74 Å². The van der Waals surface area contributed by atoms with E-state index in [1.165, 1.54) is 20.1 Å². The van der Waals surface area contributed by atoms with Gasteiger partial charge in [0.25, 0.3) is 0 Å². The molecule has 1 rings (SSSR count). The van der Waals surface area contributed by atoms with E-state index in [0.29, 0.717) is 5.75 Å². The minimum Gasteiger partial charge on any atom is -0.496 e. The number of rotatable bonds is 3. The normalized spacial score (nSPS) is 13.9. The standard InChI is InChI=1S/C11H12FNO2/c1-8-4-5-10(15-3)9(6-8)11(2,12)13-7-14/h4-6H,1-3H3. The number of hydrogen-bond donors (Lipinski definition) is 0. The van der Waals surface area contributed by atoms with E-state index in [1.54, 1.807) is 18.2 Å². The van der Waals surface area contributed by atoms with Crippen molar-refractivity contribution in [2.24, 2.45) is 4.99 Å². The predicted octanol–water partition coefficient (Wildman–Crippen LogP) is 2.48. The molecule has 1 atom stereocenters. The molecule has 0 aliphatic heterocycles. The largest absolute Gasteiger partial charge is 0.496 e. The summed E-state index contributed by atoms with van der Waals surface area (Å²) >= 11 is 0. The monoisotopic (exact) mass is 209 g/mol. The Hall–Kier alpha value is -1.67. The van der Waals surface area contributed by atoms with Crippen LogP contribution in [-0.2, 0) is 10.6 Å². The van der Waals surface area contributed by atoms with Crippen molar-refractivity contribution in [3.63, 3.8) is 0 Å². The van der Waals surface area contributed by atoms with E-state index in [0.717, 1.165) is 5.56 Å². The van der Waals surface area contributed by atoms with Gasteiger partial charge in [-0.3, -0.25) is 0 Å². The number of isocyanates is 1. The Labute approximate surface area is 87.6 Å². The first kappa shape index (κ1) is 11.4. The molecule has 0 amide bonds. The average molecular weight is 209 g/mol. The number of aryl methyl sites for hydroxylation is 1. The summed E-state index contributed by atoms with van der Waals surface area (Å²) in [7, 11) is 1.44. The average Bonchev–Trinajstić information content (AvgIpc) is 2.17. The number of hydrogen-bond acceptors (Lipinski definition) is 3. The molecule has 0 bridgehead atoms. The Morgan fingerprint density at radius 1 is 1.53 bits per heavy atom. The highest BCUT2D eigenvalue weighted by Crippen LogP contribution is 2.34. The van der Waals surface area contributed by atoms with Gasteiger partial charge in [-0.05, 0) is 26.0 Å². The topological polar surface area (TPSA) is 38.7 Å². The molecule has 0 N–H and O–H groups in total. The van der Waals surface area contributed by atoms with Gasteiger partial charge in [0.2, 0.25) is 11.9 Å². The van der Waals surface area contributed by atoms with Gasteiger partial charge >= 0.3 is 0 Å². The second kappa shape index (κ2) is 4.24. The summed E-state index contributed by atoms with van der Waals surface area (Å²) in [4.78, 5) is 13.2. The Morgan fingerprint density at radius 2 is 2.20 bits per heavy atom. The Morgan fingerprint density at radius 3 is 2.73 bits per heavy atom. The highest BCUT2D eigenvalue weighted by molar-refractivity contribution is 5.43. The summed E-state index contributed by atoms with van der Waals surface area (Å²) in [6.07, 6.45) is 1.22. The van der Waals surface area contributed by atoms with E-state index < -0.39 is 5.79 Å². The first-order chi connectivity index (χ1) is 7.01. The van der Waals surface area contributed by atoms with Crippen LogP contribution in [0, 0.1) is 6.92 Å². The third-order valence-corrected chi connectivity index (χ3v) is 2.10. The van der Waals surface area contributed by atoms with Crippen molar-refractivity contribution in [3.8, 4) is 5.75 Å². The number of benzene rings is 1. The van der Waals surface area contributed by atoms with Crippen LogP contribution in [0.1, 0.15) is 18.1 Å². The lowest BCUT2D eigenvalue weighted by Gasteiger charge is -2.17. The van der Waals surface area contributed by atoms with Crippen molar-refractivity contribution in [3.05, 3.63) is 29.3 Å². The van der Waals surface area contributed by atoms with Crippen LogP contribution in [0.15, 0.2) is 23.2 Å². The molecule has 0 saturated heterocycles. The molecule has 0 aromatic heterocycles. The quantitative estimate of drug-likeness (QED) is 0.436. The molecule has 0 heterocycles. The lowest BCUT2D eigenvalue weighted by atomic mass is 10.0. The highest BCUT2D eigenvalue weighted by Gasteiger charge is 2.28. The number of methoxy groups -OCH3 is 1. The number of nitrogens with zero attached hydrogens (tertiary/aromatic N) is 1. The summed E-state index contributed by atoms with van der Waals surface area (Å²) < 4.78 is 18.9. The molecule has 0 spiro atoms. The van der Waals surface area contributed by atoms with Crippen LogP contribution in [0.3, 0.4) is 0 Å². The minimum absolute atomic E-state index is 0.230. The van der Waals surface area contributed by atoms with Crippen molar-refractivity contribution < 1.29 is 13.9 Å². The van der Waals surface area contributed by atoms with Gasteiger partial charge in [-0.25, -0.2) is 9.18 Å². The van der Waals surface area contributed by atoms with E-state index in [2.05, 4.69) is 4.99 Å². The molecule has 4 heteroatoms. The zero-order valence-electron chi connectivity index (χ0n) is 8.87. The third kappa shape index (κ3) is 2.42. The van der Waals surface area contributed by atoms with Crippen LogP contribution in [-0.4, -0.2) is 13.2 Å². The van der Waals surface area contributed by atoms with Gasteiger partial charge in [0.1, 0.15) is 5.75 Å². The summed E-state index contributed by atoms with van der Waals surface area (Å²) in [5.74, 6) is -1.73. The summed E-state index contributed by atoms with van der Waals surface area (Å²) in [6, 6.07) is 5.03. The zero-order chi connectivity index (χ0) is 11.5. The molecule has 0 aliphatic carbocycles. The molecule has 1 aromatic carbocycles. The maximum atomic E-state index is 13.9. The lowest BCUT2D eigenvalue weighted by molar-refractivity contribution is 0.199. The van der Waals surface area contributed by atoms with Gasteiger partial charge in [0.05, 0.1) is 12.7 Å². The smallest absolute Gasteiger partial charge is 0.238 e. The van der Waals surface area contributed by atoms with Crippen molar-refractivity contribution in [1.29, 1.82) is 0 Å². The number of alkyl halides is 1. The fraction of sp³-hybridized carbons (Fsp3) is 0.364. The molecular formula is C11H12FNO2. The number of aliphatic imine (C=N–C) groups is 1. The molecule has 80 valence electrons. The summed E-state index contributed by atoms with van der Waals surface area (Å²) in [5, 5.41) is 0. The SMILES string of the molecule is COc1ccc(C)cc1C(C)(F)N=C=O. The molecule has 1 aromatic rings. The van der Waals surface area contributed by atoms with Crippen LogP contribution in [0.4, 0.5) is 4.39 Å². The first-order valence-electron chi connectivity index (χ1n) is 4.44. The van der Waals surface area contributed by atoms with E-state index in [1.807, 2.05) is 6.92 Å². The van der Waals surface area contributed by atoms with E-state index >= 15 is 0 Å². The first-order valence-corrected chi connectivity index (χ1v) is 4.44. The number of halogens is 1. The Kier molecular flexibility index (Phi) is 3.22. The Balaban J connectivity index is 3.33. The molecule has 1 unspecified atom stereocenters. The van der Waals surface area contributed by atoms with E-state index in [-0.39, 0.29) is 5.56 Å². The molecule has 0 fully saturated rings. The van der Waals surface area contributed by atoms with Crippen molar-refractivity contribution in [2.45, 2.75) is 19.6 Å². The third-order valence-electron chi connectivity index (χ3n) is 2.10. The van der Waals surface area contributed by atoms with Crippen LogP contribution < -0.4 is 4.74 Å². The van der Waals surface area contributed by atoms with Gasteiger partial charge in [0, 0.05) is 0 Å². The zero-order valence-corrected chi connectivity index (χ0v) is 8.87. The summed E-state index contributed by atoms with van der Waals surface area (Å²) in [5.41, 5.74) is 1.10. The maximum Gasteiger partial charge on any atom is 0.238 e. The molecule has 15 heavy (non-hydrogen) atoms. The van der Waals surface area contributed by atoms with Crippen LogP contribution in [0.5, 0.6) is 5.75 Å². The van der Waals surface area contributed by atoms with Crippen molar-refractivity contribution in [1.82, 2.24) is 0 Å². The number of carbonyl (C=O) groups excluding carboxylic acids is 1. The van der Waals surface area contributed by atoms with Gasteiger partial charge in [-0.2, -0.15) is 4.99 Å². The van der Waals surface area contributed by atoms with Crippen LogP contribution in [0.25, 0.3) is 0 Å². The fourth-order valence-electron chi connectivity index (χ4n) is 1.32. The Bertz CT molecular complexity index is 409. The second-order valence-corrected chi connectivity index (χ2v) is 3.36. The minimum atomic E-state index is -2.10. The highest BCUT2D eigenvalue weighted by atomic mass is 19.1.